The maximum absolute atomic E-state index is 4.80. The predicted octanol–water partition coefficient (Wildman–Crippen LogP) is 3.87. The van der Waals surface area contributed by atoms with Crippen molar-refractivity contribution < 1.29 is 0 Å². The highest BCUT2D eigenvalue weighted by Gasteiger charge is 2.19. The van der Waals surface area contributed by atoms with Crippen molar-refractivity contribution in [3.05, 3.63) is 47.8 Å². The molecular weight excluding hydrogens is 280 g/mol. The summed E-state index contributed by atoms with van der Waals surface area (Å²) in [6, 6.07) is 8.15. The summed E-state index contributed by atoms with van der Waals surface area (Å²) < 4.78 is 1.18. The second-order valence-electron chi connectivity index (χ2n) is 5.08. The Hall–Kier alpha value is -2.40. The number of benzene rings is 1. The topological polar surface area (TPSA) is 51.6 Å². The van der Waals surface area contributed by atoms with E-state index in [-0.39, 0.29) is 0 Å². The van der Waals surface area contributed by atoms with Gasteiger partial charge in [0.1, 0.15) is 11.4 Å². The summed E-state index contributed by atoms with van der Waals surface area (Å²) in [5.74, 6) is 0. The van der Waals surface area contributed by atoms with E-state index < -0.39 is 0 Å². The molecule has 2 aliphatic heterocycles. The third-order valence-electron chi connectivity index (χ3n) is 3.45. The highest BCUT2D eigenvalue weighted by atomic mass is 32.1. The van der Waals surface area contributed by atoms with Crippen LogP contribution in [0.4, 0.5) is 0 Å². The summed E-state index contributed by atoms with van der Waals surface area (Å²) in [6.07, 6.45) is 3.52. The lowest BCUT2D eigenvalue weighted by molar-refractivity contribution is 1.11. The second-order valence-corrected chi connectivity index (χ2v) is 6.08. The first-order chi connectivity index (χ1) is 10.2. The minimum atomic E-state index is 0.824. The van der Waals surface area contributed by atoms with Gasteiger partial charge >= 0.3 is 0 Å². The van der Waals surface area contributed by atoms with Crippen LogP contribution in [0, 0.1) is 13.8 Å². The lowest BCUT2D eigenvalue weighted by atomic mass is 10.1. The van der Waals surface area contributed by atoms with Gasteiger partial charge in [-0.1, -0.05) is 6.07 Å². The fourth-order valence-electron chi connectivity index (χ4n) is 2.53. The molecule has 3 heterocycles. The first-order valence-corrected chi connectivity index (χ1v) is 7.48. The lowest BCUT2D eigenvalue weighted by Crippen LogP contribution is -1.89. The molecule has 2 aliphatic rings. The molecule has 0 amide bonds. The summed E-state index contributed by atoms with van der Waals surface area (Å²) in [7, 11) is 0. The van der Waals surface area contributed by atoms with Crippen molar-refractivity contribution >= 4 is 21.6 Å². The van der Waals surface area contributed by atoms with Crippen molar-refractivity contribution in [2.24, 2.45) is 0 Å². The van der Waals surface area contributed by atoms with E-state index in [4.69, 9.17) is 4.98 Å². The Morgan fingerprint density at radius 1 is 0.952 bits per heavy atom. The Balaban J connectivity index is 2.03. The van der Waals surface area contributed by atoms with E-state index >= 15 is 0 Å². The van der Waals surface area contributed by atoms with Gasteiger partial charge in [-0.15, -0.1) is 21.5 Å². The van der Waals surface area contributed by atoms with Crippen molar-refractivity contribution in [3.63, 3.8) is 0 Å². The molecule has 0 saturated heterocycles. The maximum Gasteiger partial charge on any atom is 0.167 e. The number of pyridine rings is 1. The minimum Gasteiger partial charge on any atom is -0.265 e. The molecule has 0 fully saturated rings. The van der Waals surface area contributed by atoms with Crippen LogP contribution < -0.4 is 0 Å². The van der Waals surface area contributed by atoms with Crippen LogP contribution in [0.1, 0.15) is 11.1 Å². The van der Waals surface area contributed by atoms with Gasteiger partial charge in [0.25, 0.3) is 0 Å². The SMILES string of the molecule is Cc1cc(C)c2sc3nnc(-c4ccncc4)c-3nc2c1. The van der Waals surface area contributed by atoms with E-state index in [2.05, 4.69) is 41.2 Å². The van der Waals surface area contributed by atoms with Gasteiger partial charge in [0.05, 0.1) is 10.2 Å². The number of hydrogen-bond donors (Lipinski definition) is 0. The van der Waals surface area contributed by atoms with Crippen LogP contribution in [0.5, 0.6) is 0 Å². The Morgan fingerprint density at radius 3 is 2.57 bits per heavy atom. The molecule has 2 aromatic rings. The molecule has 0 radical (unpaired) electrons. The standard InChI is InChI=1S/C16H12N4S/c1-9-7-10(2)15-12(8-9)18-14-13(19-20-16(14)21-15)11-3-5-17-6-4-11/h3-8H,1-2H3. The molecule has 102 valence electrons. The Bertz CT molecular complexity index is 914. The molecule has 0 atom stereocenters. The average molecular weight is 292 g/mol. The van der Waals surface area contributed by atoms with Crippen LogP contribution >= 0.6 is 11.3 Å². The molecule has 0 N–H and O–H groups in total. The van der Waals surface area contributed by atoms with Crippen LogP contribution in [-0.2, 0) is 0 Å². The zero-order valence-corrected chi connectivity index (χ0v) is 12.5. The minimum absolute atomic E-state index is 0.824. The number of aromatic nitrogens is 4. The average Bonchev–Trinajstić information content (AvgIpc) is 2.89. The van der Waals surface area contributed by atoms with Crippen LogP contribution in [-0.4, -0.2) is 20.2 Å². The van der Waals surface area contributed by atoms with Gasteiger partial charge in [-0.05, 0) is 43.2 Å². The number of rotatable bonds is 1. The van der Waals surface area contributed by atoms with Gasteiger partial charge in [0.2, 0.25) is 0 Å². The molecule has 1 aromatic heterocycles. The Morgan fingerprint density at radius 2 is 1.76 bits per heavy atom. The number of fused-ring (bicyclic) bond motifs is 2. The van der Waals surface area contributed by atoms with E-state index in [1.54, 1.807) is 23.7 Å². The largest absolute Gasteiger partial charge is 0.265 e. The number of aryl methyl sites for hydroxylation is 2. The summed E-state index contributed by atoms with van der Waals surface area (Å²) >= 11 is 1.65. The zero-order valence-electron chi connectivity index (χ0n) is 11.7. The van der Waals surface area contributed by atoms with Gasteiger partial charge in [-0.25, -0.2) is 4.98 Å². The fraction of sp³-hybridized carbons (Fsp3) is 0.125. The zero-order chi connectivity index (χ0) is 14.4. The van der Waals surface area contributed by atoms with Crippen LogP contribution in [0.15, 0.2) is 36.7 Å². The number of nitrogens with zero attached hydrogens (tertiary/aromatic N) is 4. The summed E-state index contributed by atoms with van der Waals surface area (Å²) in [4.78, 5) is 8.84. The van der Waals surface area contributed by atoms with Crippen molar-refractivity contribution in [3.8, 4) is 22.0 Å². The second kappa shape index (κ2) is 4.56. The molecule has 4 rings (SSSR count). The highest BCUT2D eigenvalue weighted by molar-refractivity contribution is 7.21. The quantitative estimate of drug-likeness (QED) is 0.534. The molecular formula is C16H12N4S. The smallest absolute Gasteiger partial charge is 0.167 e. The van der Waals surface area contributed by atoms with Gasteiger partial charge in [-0.2, -0.15) is 0 Å². The summed E-state index contributed by atoms with van der Waals surface area (Å²) in [5.41, 5.74) is 6.15. The van der Waals surface area contributed by atoms with E-state index in [0.29, 0.717) is 0 Å². The normalized spacial score (nSPS) is 11.3. The molecule has 0 bridgehead atoms. The van der Waals surface area contributed by atoms with E-state index in [0.717, 1.165) is 27.5 Å². The third-order valence-corrected chi connectivity index (χ3v) is 4.66. The molecule has 1 aromatic carbocycles. The first-order valence-electron chi connectivity index (χ1n) is 6.67. The molecule has 21 heavy (non-hydrogen) atoms. The van der Waals surface area contributed by atoms with Crippen LogP contribution in [0.3, 0.4) is 0 Å². The fourth-order valence-corrected chi connectivity index (χ4v) is 3.47. The lowest BCUT2D eigenvalue weighted by Gasteiger charge is -2.06. The van der Waals surface area contributed by atoms with E-state index in [1.807, 2.05) is 12.1 Å². The monoisotopic (exact) mass is 292 g/mol. The Labute approximate surface area is 125 Å². The molecule has 0 spiro atoms. The first kappa shape index (κ1) is 12.3. The van der Waals surface area contributed by atoms with Gasteiger partial charge in [-0.3, -0.25) is 4.98 Å². The summed E-state index contributed by atoms with van der Waals surface area (Å²) in [5, 5.41) is 9.48. The number of hydrogen-bond acceptors (Lipinski definition) is 5. The van der Waals surface area contributed by atoms with Crippen molar-refractivity contribution in [2.75, 3.05) is 0 Å². The molecule has 0 unspecified atom stereocenters. The summed E-state index contributed by atoms with van der Waals surface area (Å²) in [6.45, 7) is 4.20. The molecule has 0 saturated carbocycles. The molecule has 4 nitrogen and oxygen atoms in total. The van der Waals surface area contributed by atoms with Gasteiger partial charge < -0.3 is 0 Å². The molecule has 0 aliphatic carbocycles. The van der Waals surface area contributed by atoms with Gasteiger partial charge in [0.15, 0.2) is 5.01 Å². The van der Waals surface area contributed by atoms with E-state index in [9.17, 15) is 0 Å². The maximum atomic E-state index is 4.80. The van der Waals surface area contributed by atoms with E-state index in [1.165, 1.54) is 15.8 Å². The highest BCUT2D eigenvalue weighted by Crippen LogP contribution is 2.36. The Kier molecular flexibility index (Phi) is 2.68. The van der Waals surface area contributed by atoms with Gasteiger partial charge in [0, 0.05) is 18.0 Å². The third kappa shape index (κ3) is 1.97. The van der Waals surface area contributed by atoms with Crippen LogP contribution in [0.25, 0.3) is 32.2 Å². The van der Waals surface area contributed by atoms with Crippen molar-refractivity contribution in [2.45, 2.75) is 13.8 Å². The predicted molar refractivity (Wildman–Crippen MR) is 84.5 cm³/mol. The van der Waals surface area contributed by atoms with Crippen molar-refractivity contribution in [1.82, 2.24) is 20.2 Å². The van der Waals surface area contributed by atoms with Crippen LogP contribution in [0.2, 0.25) is 0 Å². The van der Waals surface area contributed by atoms with Crippen molar-refractivity contribution in [1.29, 1.82) is 0 Å². The molecule has 5 heteroatoms.